The molecule has 1 saturated heterocycles. The second kappa shape index (κ2) is 3.66. The summed E-state index contributed by atoms with van der Waals surface area (Å²) >= 11 is 5.26. The number of hydrogen-bond donors (Lipinski definition) is 5. The first-order valence-electron chi connectivity index (χ1n) is 3.64. The molecule has 0 aromatic carbocycles. The largest absolute Gasteiger partial charge is 0.394 e. The zero-order valence-corrected chi connectivity index (χ0v) is 7.29. The fourth-order valence-corrected chi connectivity index (χ4v) is 1.36. The molecule has 0 amide bonds. The number of hydrogen-bond acceptors (Lipinski definition) is 6. The van der Waals surface area contributed by atoms with Crippen molar-refractivity contribution in [3.8, 4) is 0 Å². The summed E-state index contributed by atoms with van der Waals surface area (Å²) in [7, 11) is 0. The minimum Gasteiger partial charge on any atom is -0.394 e. The monoisotopic (exact) mass is 214 g/mol. The van der Waals surface area contributed by atoms with Crippen LogP contribution < -0.4 is 0 Å². The van der Waals surface area contributed by atoms with Gasteiger partial charge in [-0.1, -0.05) is 11.6 Å². The molecule has 0 aromatic rings. The maximum absolute atomic E-state index is 9.18. The van der Waals surface area contributed by atoms with Gasteiger partial charge in [0, 0.05) is 0 Å². The Bertz CT molecular complexity index is 184. The molecule has 1 aliphatic rings. The van der Waals surface area contributed by atoms with Crippen LogP contribution in [0.25, 0.3) is 0 Å². The van der Waals surface area contributed by atoms with Crippen molar-refractivity contribution < 1.29 is 30.3 Å². The fraction of sp³-hybridized carbons (Fsp3) is 1.00. The molecule has 5 N–H and O–H groups in total. The van der Waals surface area contributed by atoms with Gasteiger partial charge in [-0.05, 0) is 0 Å². The molecule has 0 bridgehead atoms. The highest BCUT2D eigenvalue weighted by Crippen LogP contribution is 2.30. The molecule has 1 aliphatic heterocycles. The molecule has 13 heavy (non-hydrogen) atoms. The second-order valence-corrected chi connectivity index (χ2v) is 3.42. The van der Waals surface area contributed by atoms with Gasteiger partial charge in [0.25, 0.3) is 5.25 Å². The standard InChI is InChI=1S/C6H11ClO6/c7-6(12)5(11)4(10)3(9)2(1-8)13-6/h2-5,8-12H,1H2/t2-,3-,4+,5+,6+/m1/s1. The summed E-state index contributed by atoms with van der Waals surface area (Å²) in [6.07, 6.45) is -6.19. The molecule has 1 fully saturated rings. The predicted octanol–water partition coefficient (Wildman–Crippen LogP) is -2.65. The Morgan fingerprint density at radius 2 is 1.77 bits per heavy atom. The van der Waals surface area contributed by atoms with Crippen molar-refractivity contribution in [3.63, 3.8) is 0 Å². The molecule has 1 rings (SSSR count). The number of halogens is 1. The third kappa shape index (κ3) is 1.94. The third-order valence-electron chi connectivity index (χ3n) is 1.92. The van der Waals surface area contributed by atoms with Gasteiger partial charge < -0.3 is 30.3 Å². The summed E-state index contributed by atoms with van der Waals surface area (Å²) in [4.78, 5) is 0. The molecule has 5 atom stereocenters. The van der Waals surface area contributed by atoms with Crippen molar-refractivity contribution in [2.24, 2.45) is 0 Å². The summed E-state index contributed by atoms with van der Waals surface area (Å²) in [6, 6.07) is 0. The third-order valence-corrected chi connectivity index (χ3v) is 2.23. The maximum atomic E-state index is 9.18. The number of alkyl halides is 1. The Kier molecular flexibility index (Phi) is 3.13. The van der Waals surface area contributed by atoms with E-state index < -0.39 is 36.3 Å². The van der Waals surface area contributed by atoms with Crippen LogP contribution in [-0.4, -0.2) is 61.8 Å². The smallest absolute Gasteiger partial charge is 0.276 e. The predicted molar refractivity (Wildman–Crippen MR) is 40.8 cm³/mol. The van der Waals surface area contributed by atoms with Crippen molar-refractivity contribution >= 4 is 11.6 Å². The van der Waals surface area contributed by atoms with Crippen molar-refractivity contribution in [3.05, 3.63) is 0 Å². The zero-order chi connectivity index (χ0) is 10.2. The maximum Gasteiger partial charge on any atom is 0.276 e. The lowest BCUT2D eigenvalue weighted by atomic mass is 9.99. The van der Waals surface area contributed by atoms with Crippen LogP contribution in [0, 0.1) is 0 Å². The summed E-state index contributed by atoms with van der Waals surface area (Å²) in [6.45, 7) is -0.625. The summed E-state index contributed by atoms with van der Waals surface area (Å²) in [5.41, 5.74) is 0. The van der Waals surface area contributed by atoms with Crippen molar-refractivity contribution in [2.75, 3.05) is 6.61 Å². The van der Waals surface area contributed by atoms with Crippen LogP contribution in [-0.2, 0) is 4.74 Å². The molecule has 6 nitrogen and oxygen atoms in total. The first kappa shape index (κ1) is 11.1. The van der Waals surface area contributed by atoms with Crippen LogP contribution in [0.15, 0.2) is 0 Å². The normalized spacial score (nSPS) is 52.2. The molecular weight excluding hydrogens is 204 g/mol. The van der Waals surface area contributed by atoms with Gasteiger partial charge in [-0.2, -0.15) is 0 Å². The molecular formula is C6H11ClO6. The Morgan fingerprint density at radius 1 is 1.23 bits per heavy atom. The van der Waals surface area contributed by atoms with E-state index >= 15 is 0 Å². The summed E-state index contributed by atoms with van der Waals surface area (Å²) < 4.78 is 4.53. The Hall–Kier alpha value is 0.0500. The van der Waals surface area contributed by atoms with Crippen molar-refractivity contribution in [1.29, 1.82) is 0 Å². The molecule has 0 saturated carbocycles. The van der Waals surface area contributed by atoms with Gasteiger partial charge in [0.2, 0.25) is 0 Å². The zero-order valence-electron chi connectivity index (χ0n) is 6.54. The van der Waals surface area contributed by atoms with Gasteiger partial charge in [0.05, 0.1) is 6.61 Å². The first-order valence-corrected chi connectivity index (χ1v) is 4.02. The SMILES string of the molecule is OC[C@H]1O[C@](O)(Cl)[C@@H](O)[C@@H](O)[C@@H]1O. The molecule has 1 heterocycles. The number of ether oxygens (including phenoxy) is 1. The average Bonchev–Trinajstić information content (AvgIpc) is 2.08. The Morgan fingerprint density at radius 3 is 2.23 bits per heavy atom. The second-order valence-electron chi connectivity index (χ2n) is 2.87. The molecule has 0 spiro atoms. The van der Waals surface area contributed by atoms with Crippen LogP contribution in [0.4, 0.5) is 0 Å². The molecule has 7 heteroatoms. The van der Waals surface area contributed by atoms with Crippen molar-refractivity contribution in [1.82, 2.24) is 0 Å². The minimum absolute atomic E-state index is 0.625. The van der Waals surface area contributed by atoms with Gasteiger partial charge in [0.1, 0.15) is 18.3 Å². The van der Waals surface area contributed by atoms with E-state index in [9.17, 15) is 5.11 Å². The van der Waals surface area contributed by atoms with Crippen LogP contribution in [0.5, 0.6) is 0 Å². The van der Waals surface area contributed by atoms with Gasteiger partial charge in [-0.15, -0.1) is 0 Å². The first-order chi connectivity index (χ1) is 5.90. The van der Waals surface area contributed by atoms with Crippen LogP contribution in [0.1, 0.15) is 0 Å². The number of aliphatic hydroxyl groups excluding tert-OH is 4. The van der Waals surface area contributed by atoms with Crippen molar-refractivity contribution in [2.45, 2.75) is 29.7 Å². The van der Waals surface area contributed by atoms with Gasteiger partial charge >= 0.3 is 0 Å². The minimum atomic E-state index is -2.48. The van der Waals surface area contributed by atoms with E-state index in [-0.39, 0.29) is 0 Å². The van der Waals surface area contributed by atoms with Gasteiger partial charge in [-0.3, -0.25) is 0 Å². The molecule has 0 aliphatic carbocycles. The van der Waals surface area contributed by atoms with Crippen LogP contribution in [0.2, 0.25) is 0 Å². The highest BCUT2D eigenvalue weighted by Gasteiger charge is 2.51. The van der Waals surface area contributed by atoms with E-state index in [0.29, 0.717) is 0 Å². The summed E-state index contributed by atoms with van der Waals surface area (Å²) in [5.74, 6) is 0. The van der Waals surface area contributed by atoms with Crippen LogP contribution >= 0.6 is 11.6 Å². The Labute approximate surface area is 78.9 Å². The molecule has 0 unspecified atom stereocenters. The molecule has 0 radical (unpaired) electrons. The lowest BCUT2D eigenvalue weighted by molar-refractivity contribution is -0.309. The lowest BCUT2D eigenvalue weighted by Crippen LogP contribution is -2.62. The topological polar surface area (TPSA) is 110 Å². The van der Waals surface area contributed by atoms with Gasteiger partial charge in [0.15, 0.2) is 6.10 Å². The fourth-order valence-electron chi connectivity index (χ4n) is 1.11. The highest BCUT2D eigenvalue weighted by atomic mass is 35.5. The quantitative estimate of drug-likeness (QED) is 0.305. The van der Waals surface area contributed by atoms with E-state index in [1.165, 1.54) is 0 Å². The summed E-state index contributed by atoms with van der Waals surface area (Å²) in [5, 5.41) is 42.7. The number of rotatable bonds is 1. The lowest BCUT2D eigenvalue weighted by Gasteiger charge is -2.41. The van der Waals surface area contributed by atoms with E-state index in [1.807, 2.05) is 0 Å². The average molecular weight is 215 g/mol. The van der Waals surface area contributed by atoms with Crippen LogP contribution in [0.3, 0.4) is 0 Å². The highest BCUT2D eigenvalue weighted by molar-refractivity contribution is 6.22. The number of aliphatic hydroxyl groups is 5. The molecule has 0 aromatic heterocycles. The Balaban J connectivity index is 2.79. The van der Waals surface area contributed by atoms with Gasteiger partial charge in [-0.25, -0.2) is 0 Å². The van der Waals surface area contributed by atoms with E-state index in [2.05, 4.69) is 4.74 Å². The molecule has 78 valence electrons. The van der Waals surface area contributed by atoms with E-state index in [1.54, 1.807) is 0 Å². The van der Waals surface area contributed by atoms with E-state index in [0.717, 1.165) is 0 Å². The van der Waals surface area contributed by atoms with E-state index in [4.69, 9.17) is 32.0 Å².